The van der Waals surface area contributed by atoms with Gasteiger partial charge in [0.25, 0.3) is 5.91 Å². The molecule has 0 aromatic carbocycles. The van der Waals surface area contributed by atoms with Gasteiger partial charge in [0.15, 0.2) is 17.2 Å². The van der Waals surface area contributed by atoms with Crippen LogP contribution in [-0.2, 0) is 10.2 Å². The highest BCUT2D eigenvalue weighted by molar-refractivity contribution is 6.00. The Hall–Kier alpha value is -1.58. The SMILES string of the molecule is CN1C(=O)C(C)(C)Oc2cc(C(C)(C)C)cnc21. The molecule has 0 atom stereocenters. The summed E-state index contributed by atoms with van der Waals surface area (Å²) in [6.45, 7) is 9.93. The standard InChI is InChI=1S/C14H20N2O2/c1-13(2,3)9-7-10-11(15-8-9)16(6)12(17)14(4,5)18-10/h7-8H,1-6H3. The first-order valence-corrected chi connectivity index (χ1v) is 6.10. The number of carbonyl (C=O) groups is 1. The lowest BCUT2D eigenvalue weighted by Gasteiger charge is -2.36. The summed E-state index contributed by atoms with van der Waals surface area (Å²) in [5, 5.41) is 0. The number of amides is 1. The van der Waals surface area contributed by atoms with E-state index in [1.807, 2.05) is 12.3 Å². The van der Waals surface area contributed by atoms with E-state index < -0.39 is 5.60 Å². The van der Waals surface area contributed by atoms with Gasteiger partial charge in [-0.15, -0.1) is 0 Å². The van der Waals surface area contributed by atoms with E-state index >= 15 is 0 Å². The van der Waals surface area contributed by atoms with Crippen LogP contribution in [0.4, 0.5) is 5.82 Å². The van der Waals surface area contributed by atoms with Crippen molar-refractivity contribution >= 4 is 11.7 Å². The van der Waals surface area contributed by atoms with Gasteiger partial charge in [-0.3, -0.25) is 9.69 Å². The Balaban J connectivity index is 2.53. The van der Waals surface area contributed by atoms with Gasteiger partial charge in [0.05, 0.1) is 0 Å². The second-order valence-electron chi connectivity index (χ2n) is 6.27. The van der Waals surface area contributed by atoms with Crippen molar-refractivity contribution in [2.75, 3.05) is 11.9 Å². The molecule has 0 aliphatic carbocycles. The molecule has 0 N–H and O–H groups in total. The van der Waals surface area contributed by atoms with Crippen molar-refractivity contribution in [2.45, 2.75) is 45.6 Å². The molecule has 0 unspecified atom stereocenters. The van der Waals surface area contributed by atoms with E-state index in [0.29, 0.717) is 11.6 Å². The fraction of sp³-hybridized carbons (Fsp3) is 0.571. The summed E-state index contributed by atoms with van der Waals surface area (Å²) in [6, 6.07) is 1.98. The second-order valence-corrected chi connectivity index (χ2v) is 6.27. The fourth-order valence-corrected chi connectivity index (χ4v) is 1.99. The molecular weight excluding hydrogens is 228 g/mol. The van der Waals surface area contributed by atoms with Gasteiger partial charge in [-0.1, -0.05) is 20.8 Å². The Morgan fingerprint density at radius 3 is 2.50 bits per heavy atom. The number of pyridine rings is 1. The molecule has 18 heavy (non-hydrogen) atoms. The molecule has 4 nitrogen and oxygen atoms in total. The van der Waals surface area contributed by atoms with Crippen molar-refractivity contribution in [3.8, 4) is 5.75 Å². The van der Waals surface area contributed by atoms with Crippen molar-refractivity contribution in [3.63, 3.8) is 0 Å². The third-order valence-corrected chi connectivity index (χ3v) is 3.20. The topological polar surface area (TPSA) is 42.4 Å². The van der Waals surface area contributed by atoms with Crippen LogP contribution >= 0.6 is 0 Å². The van der Waals surface area contributed by atoms with Crippen molar-refractivity contribution in [3.05, 3.63) is 17.8 Å². The highest BCUT2D eigenvalue weighted by atomic mass is 16.5. The minimum absolute atomic E-state index is 0.00948. The number of carbonyl (C=O) groups excluding carboxylic acids is 1. The van der Waals surface area contributed by atoms with Gasteiger partial charge in [0.1, 0.15) is 0 Å². The quantitative estimate of drug-likeness (QED) is 0.708. The van der Waals surface area contributed by atoms with Crippen LogP contribution in [0.3, 0.4) is 0 Å². The van der Waals surface area contributed by atoms with E-state index in [9.17, 15) is 4.79 Å². The van der Waals surface area contributed by atoms with Gasteiger partial charge in [-0.2, -0.15) is 0 Å². The molecule has 4 heteroatoms. The number of aromatic nitrogens is 1. The lowest BCUT2D eigenvalue weighted by atomic mass is 9.88. The van der Waals surface area contributed by atoms with E-state index in [1.54, 1.807) is 25.8 Å². The van der Waals surface area contributed by atoms with E-state index in [-0.39, 0.29) is 11.3 Å². The number of likely N-dealkylation sites (N-methyl/N-ethyl adjacent to an activating group) is 1. The first-order valence-electron chi connectivity index (χ1n) is 6.10. The zero-order chi connectivity index (χ0) is 13.7. The molecule has 98 valence electrons. The Morgan fingerprint density at radius 1 is 1.33 bits per heavy atom. The van der Waals surface area contributed by atoms with Crippen molar-refractivity contribution in [1.82, 2.24) is 4.98 Å². The molecule has 0 spiro atoms. The van der Waals surface area contributed by atoms with Gasteiger partial charge in [0.2, 0.25) is 0 Å². The summed E-state index contributed by atoms with van der Waals surface area (Å²) in [4.78, 5) is 18.0. The van der Waals surface area contributed by atoms with Crippen LogP contribution in [0.2, 0.25) is 0 Å². The van der Waals surface area contributed by atoms with Crippen LogP contribution in [0.1, 0.15) is 40.2 Å². The van der Waals surface area contributed by atoms with Gasteiger partial charge in [0, 0.05) is 13.2 Å². The molecule has 0 radical (unpaired) electrons. The Labute approximate surface area is 108 Å². The molecule has 2 heterocycles. The third-order valence-electron chi connectivity index (χ3n) is 3.20. The number of hydrogen-bond donors (Lipinski definition) is 0. The zero-order valence-electron chi connectivity index (χ0n) is 11.9. The molecule has 0 saturated carbocycles. The van der Waals surface area contributed by atoms with Crippen LogP contribution in [0.15, 0.2) is 12.3 Å². The summed E-state index contributed by atoms with van der Waals surface area (Å²) in [5.41, 5.74) is 0.273. The Morgan fingerprint density at radius 2 is 1.94 bits per heavy atom. The Kier molecular flexibility index (Phi) is 2.65. The average molecular weight is 248 g/mol. The van der Waals surface area contributed by atoms with Crippen molar-refractivity contribution < 1.29 is 9.53 Å². The van der Waals surface area contributed by atoms with E-state index in [2.05, 4.69) is 25.8 Å². The molecular formula is C14H20N2O2. The molecule has 0 bridgehead atoms. The van der Waals surface area contributed by atoms with Gasteiger partial charge < -0.3 is 4.74 Å². The summed E-state index contributed by atoms with van der Waals surface area (Å²) in [5.74, 6) is 1.19. The predicted octanol–water partition coefficient (Wildman–Crippen LogP) is 2.51. The van der Waals surface area contributed by atoms with Crippen molar-refractivity contribution in [1.29, 1.82) is 0 Å². The van der Waals surface area contributed by atoms with Crippen LogP contribution in [-0.4, -0.2) is 23.5 Å². The van der Waals surface area contributed by atoms with Crippen molar-refractivity contribution in [2.24, 2.45) is 0 Å². The molecule has 1 aliphatic rings. The smallest absolute Gasteiger partial charge is 0.271 e. The lowest BCUT2D eigenvalue weighted by Crippen LogP contribution is -2.51. The molecule has 1 aliphatic heterocycles. The first kappa shape index (κ1) is 12.9. The monoisotopic (exact) mass is 248 g/mol. The number of fused-ring (bicyclic) bond motifs is 1. The largest absolute Gasteiger partial charge is 0.474 e. The highest BCUT2D eigenvalue weighted by Gasteiger charge is 2.40. The summed E-state index contributed by atoms with van der Waals surface area (Å²) in [6.07, 6.45) is 1.81. The maximum Gasteiger partial charge on any atom is 0.271 e. The maximum absolute atomic E-state index is 12.1. The second kappa shape index (κ2) is 3.70. The lowest BCUT2D eigenvalue weighted by molar-refractivity contribution is -0.132. The maximum atomic E-state index is 12.1. The fourth-order valence-electron chi connectivity index (χ4n) is 1.99. The average Bonchev–Trinajstić information content (AvgIpc) is 2.23. The highest BCUT2D eigenvalue weighted by Crippen LogP contribution is 2.37. The van der Waals surface area contributed by atoms with E-state index in [4.69, 9.17) is 4.74 Å². The molecule has 1 aromatic rings. The molecule has 2 rings (SSSR count). The molecule has 0 saturated heterocycles. The third kappa shape index (κ3) is 1.96. The summed E-state index contributed by atoms with van der Waals surface area (Å²) in [7, 11) is 1.73. The molecule has 0 fully saturated rings. The number of nitrogens with zero attached hydrogens (tertiary/aromatic N) is 2. The molecule has 1 amide bonds. The zero-order valence-corrected chi connectivity index (χ0v) is 11.9. The first-order chi connectivity index (χ1) is 8.13. The van der Waals surface area contributed by atoms with Crippen LogP contribution in [0.25, 0.3) is 0 Å². The van der Waals surface area contributed by atoms with Crippen LogP contribution < -0.4 is 9.64 Å². The van der Waals surface area contributed by atoms with Gasteiger partial charge in [-0.25, -0.2) is 4.98 Å². The molecule has 1 aromatic heterocycles. The number of ether oxygens (including phenoxy) is 1. The summed E-state index contributed by atoms with van der Waals surface area (Å²) < 4.78 is 5.78. The van der Waals surface area contributed by atoms with Gasteiger partial charge >= 0.3 is 0 Å². The number of anilines is 1. The minimum atomic E-state index is -0.833. The van der Waals surface area contributed by atoms with Crippen LogP contribution in [0, 0.1) is 0 Å². The minimum Gasteiger partial charge on any atom is -0.474 e. The van der Waals surface area contributed by atoms with Gasteiger partial charge in [-0.05, 0) is 30.9 Å². The predicted molar refractivity (Wildman–Crippen MR) is 71.1 cm³/mol. The van der Waals surface area contributed by atoms with E-state index in [1.165, 1.54) is 0 Å². The Bertz CT molecular complexity index is 501. The number of rotatable bonds is 0. The van der Waals surface area contributed by atoms with Crippen LogP contribution in [0.5, 0.6) is 5.75 Å². The normalized spacial score (nSPS) is 18.3. The number of hydrogen-bond acceptors (Lipinski definition) is 3. The van der Waals surface area contributed by atoms with E-state index in [0.717, 1.165) is 5.56 Å². The summed E-state index contributed by atoms with van der Waals surface area (Å²) >= 11 is 0.